The maximum absolute atomic E-state index is 12.3. The Kier molecular flexibility index (Phi) is 7.19. The normalized spacial score (nSPS) is 10.5. The van der Waals surface area contributed by atoms with Crippen LogP contribution in [-0.2, 0) is 4.79 Å². The second kappa shape index (κ2) is 8.88. The van der Waals surface area contributed by atoms with Crippen LogP contribution in [0.2, 0.25) is 0 Å². The minimum Gasteiger partial charge on any atom is -0.496 e. The highest BCUT2D eigenvalue weighted by molar-refractivity contribution is 5.92. The molecule has 5 heteroatoms. The topological polar surface area (TPSA) is 48.0 Å². The molecular formula is C18H25NO4. The summed E-state index contributed by atoms with van der Waals surface area (Å²) < 4.78 is 15.9. The number of carbonyl (C=O) groups is 1. The van der Waals surface area contributed by atoms with Crippen molar-refractivity contribution in [2.75, 3.05) is 34.4 Å². The van der Waals surface area contributed by atoms with Crippen molar-refractivity contribution < 1.29 is 19.0 Å². The number of rotatable bonds is 8. The SMILES string of the molecule is C=C(C)CN(CC)C(=O)C=Cc1cc(OC)c(OC)cc1OC. The molecule has 0 aliphatic rings. The first-order valence-electron chi connectivity index (χ1n) is 7.38. The summed E-state index contributed by atoms with van der Waals surface area (Å²) in [6, 6.07) is 3.50. The monoisotopic (exact) mass is 319 g/mol. The largest absolute Gasteiger partial charge is 0.496 e. The van der Waals surface area contributed by atoms with E-state index in [1.165, 1.54) is 6.08 Å². The Hall–Kier alpha value is -2.43. The first-order valence-corrected chi connectivity index (χ1v) is 7.38. The summed E-state index contributed by atoms with van der Waals surface area (Å²) >= 11 is 0. The van der Waals surface area contributed by atoms with Gasteiger partial charge in [0.1, 0.15) is 5.75 Å². The molecule has 1 rings (SSSR count). The lowest BCUT2D eigenvalue weighted by Crippen LogP contribution is -2.30. The molecule has 1 amide bonds. The molecule has 0 saturated carbocycles. The number of methoxy groups -OCH3 is 3. The molecule has 0 aromatic heterocycles. The lowest BCUT2D eigenvalue weighted by atomic mass is 10.1. The van der Waals surface area contributed by atoms with Gasteiger partial charge in [0.05, 0.1) is 21.3 Å². The summed E-state index contributed by atoms with van der Waals surface area (Å²) in [5.41, 5.74) is 1.68. The average Bonchev–Trinajstić information content (AvgIpc) is 2.56. The highest BCUT2D eigenvalue weighted by Crippen LogP contribution is 2.35. The third-order valence-electron chi connectivity index (χ3n) is 3.30. The number of hydrogen-bond donors (Lipinski definition) is 0. The van der Waals surface area contributed by atoms with E-state index < -0.39 is 0 Å². The molecule has 0 radical (unpaired) electrons. The van der Waals surface area contributed by atoms with E-state index in [2.05, 4.69) is 6.58 Å². The van der Waals surface area contributed by atoms with Gasteiger partial charge in [-0.05, 0) is 26.0 Å². The Morgan fingerprint density at radius 2 is 1.70 bits per heavy atom. The Morgan fingerprint density at radius 1 is 1.13 bits per heavy atom. The van der Waals surface area contributed by atoms with Gasteiger partial charge in [0.15, 0.2) is 11.5 Å². The molecule has 0 aliphatic heterocycles. The van der Waals surface area contributed by atoms with Gasteiger partial charge in [-0.3, -0.25) is 4.79 Å². The van der Waals surface area contributed by atoms with E-state index in [1.54, 1.807) is 44.4 Å². The van der Waals surface area contributed by atoms with E-state index in [-0.39, 0.29) is 5.91 Å². The third kappa shape index (κ3) is 5.06. The van der Waals surface area contributed by atoms with Crippen molar-refractivity contribution in [2.24, 2.45) is 0 Å². The van der Waals surface area contributed by atoms with Crippen molar-refractivity contribution in [1.29, 1.82) is 0 Å². The van der Waals surface area contributed by atoms with Crippen molar-refractivity contribution in [3.8, 4) is 17.2 Å². The maximum atomic E-state index is 12.3. The van der Waals surface area contributed by atoms with Crippen LogP contribution < -0.4 is 14.2 Å². The van der Waals surface area contributed by atoms with Crippen molar-refractivity contribution in [2.45, 2.75) is 13.8 Å². The quantitative estimate of drug-likeness (QED) is 0.545. The number of carbonyl (C=O) groups excluding carboxylic acids is 1. The van der Waals surface area contributed by atoms with E-state index in [1.807, 2.05) is 13.8 Å². The van der Waals surface area contributed by atoms with E-state index in [9.17, 15) is 4.79 Å². The van der Waals surface area contributed by atoms with Gasteiger partial charge in [0.25, 0.3) is 0 Å². The molecule has 23 heavy (non-hydrogen) atoms. The fourth-order valence-corrected chi connectivity index (χ4v) is 2.12. The minimum absolute atomic E-state index is 0.0765. The first kappa shape index (κ1) is 18.6. The van der Waals surface area contributed by atoms with Crippen LogP contribution in [0, 0.1) is 0 Å². The highest BCUT2D eigenvalue weighted by Gasteiger charge is 2.12. The lowest BCUT2D eigenvalue weighted by Gasteiger charge is -2.19. The summed E-state index contributed by atoms with van der Waals surface area (Å²) in [4.78, 5) is 14.0. The maximum Gasteiger partial charge on any atom is 0.246 e. The van der Waals surface area contributed by atoms with Gasteiger partial charge < -0.3 is 19.1 Å². The number of nitrogens with zero attached hydrogens (tertiary/aromatic N) is 1. The van der Waals surface area contributed by atoms with Gasteiger partial charge in [0.2, 0.25) is 5.91 Å². The zero-order chi connectivity index (χ0) is 17.4. The average molecular weight is 319 g/mol. The minimum atomic E-state index is -0.0765. The summed E-state index contributed by atoms with van der Waals surface area (Å²) in [5, 5.41) is 0. The zero-order valence-corrected chi connectivity index (χ0v) is 14.5. The summed E-state index contributed by atoms with van der Waals surface area (Å²) in [5.74, 6) is 1.68. The molecule has 0 unspecified atom stereocenters. The number of benzene rings is 1. The predicted octanol–water partition coefficient (Wildman–Crippen LogP) is 3.15. The first-order chi connectivity index (χ1) is 11.0. The molecule has 1 aromatic rings. The van der Waals surface area contributed by atoms with Gasteiger partial charge in [-0.2, -0.15) is 0 Å². The van der Waals surface area contributed by atoms with Gasteiger partial charge in [-0.1, -0.05) is 12.2 Å². The van der Waals surface area contributed by atoms with Crippen LogP contribution in [0.25, 0.3) is 6.08 Å². The summed E-state index contributed by atoms with van der Waals surface area (Å²) in [6.07, 6.45) is 3.24. The van der Waals surface area contributed by atoms with Gasteiger partial charge in [0, 0.05) is 30.8 Å². The van der Waals surface area contributed by atoms with Crippen LogP contribution in [0.3, 0.4) is 0 Å². The lowest BCUT2D eigenvalue weighted by molar-refractivity contribution is -0.125. The highest BCUT2D eigenvalue weighted by atomic mass is 16.5. The van der Waals surface area contributed by atoms with Gasteiger partial charge >= 0.3 is 0 Å². The summed E-state index contributed by atoms with van der Waals surface area (Å²) in [6.45, 7) is 8.85. The number of likely N-dealkylation sites (N-methyl/N-ethyl adjacent to an activating group) is 1. The predicted molar refractivity (Wildman–Crippen MR) is 92.2 cm³/mol. The number of ether oxygens (including phenoxy) is 3. The van der Waals surface area contributed by atoms with Crippen LogP contribution in [0.15, 0.2) is 30.4 Å². The Labute approximate surface area is 138 Å². The molecule has 126 valence electrons. The van der Waals surface area contributed by atoms with Crippen LogP contribution in [0.1, 0.15) is 19.4 Å². The number of amides is 1. The van der Waals surface area contributed by atoms with Gasteiger partial charge in [-0.15, -0.1) is 0 Å². The molecule has 0 aliphatic carbocycles. The molecule has 0 bridgehead atoms. The van der Waals surface area contributed by atoms with Crippen LogP contribution in [0.4, 0.5) is 0 Å². The van der Waals surface area contributed by atoms with E-state index in [0.717, 1.165) is 11.1 Å². The zero-order valence-electron chi connectivity index (χ0n) is 14.5. The van der Waals surface area contributed by atoms with Gasteiger partial charge in [-0.25, -0.2) is 0 Å². The molecule has 0 atom stereocenters. The standard InChI is InChI=1S/C18H25NO4/c1-7-19(12-13(2)3)18(20)9-8-14-10-16(22-5)17(23-6)11-15(14)21-4/h8-11H,2,7,12H2,1,3-6H3. The molecule has 0 saturated heterocycles. The number of hydrogen-bond acceptors (Lipinski definition) is 4. The van der Waals surface area contributed by atoms with Crippen molar-refractivity contribution in [3.63, 3.8) is 0 Å². The van der Waals surface area contributed by atoms with Crippen molar-refractivity contribution in [3.05, 3.63) is 35.9 Å². The van der Waals surface area contributed by atoms with E-state index in [4.69, 9.17) is 14.2 Å². The molecule has 1 aromatic carbocycles. The molecular weight excluding hydrogens is 294 g/mol. The van der Waals surface area contributed by atoms with Crippen molar-refractivity contribution >= 4 is 12.0 Å². The Morgan fingerprint density at radius 3 is 2.17 bits per heavy atom. The fraction of sp³-hybridized carbons (Fsp3) is 0.389. The van der Waals surface area contributed by atoms with Crippen LogP contribution in [0.5, 0.6) is 17.2 Å². The molecule has 0 heterocycles. The second-order valence-corrected chi connectivity index (χ2v) is 5.09. The van der Waals surface area contributed by atoms with Crippen molar-refractivity contribution in [1.82, 2.24) is 4.90 Å². The molecule has 0 N–H and O–H groups in total. The fourth-order valence-electron chi connectivity index (χ4n) is 2.12. The van der Waals surface area contributed by atoms with Crippen LogP contribution in [-0.4, -0.2) is 45.2 Å². The molecule has 0 fully saturated rings. The molecule has 0 spiro atoms. The molecule has 5 nitrogen and oxygen atoms in total. The summed E-state index contributed by atoms with van der Waals surface area (Å²) in [7, 11) is 4.70. The third-order valence-corrected chi connectivity index (χ3v) is 3.30. The Balaban J connectivity index is 3.06. The van der Waals surface area contributed by atoms with E-state index in [0.29, 0.717) is 30.3 Å². The Bertz CT molecular complexity index is 593. The second-order valence-electron chi connectivity index (χ2n) is 5.09. The smallest absolute Gasteiger partial charge is 0.246 e. The van der Waals surface area contributed by atoms with Crippen LogP contribution >= 0.6 is 0 Å². The van der Waals surface area contributed by atoms with E-state index >= 15 is 0 Å².